The van der Waals surface area contributed by atoms with Crippen LogP contribution in [0.25, 0.3) is 0 Å². The Bertz CT molecular complexity index is 1440. The predicted octanol–water partition coefficient (Wildman–Crippen LogP) is 3.55. The van der Waals surface area contributed by atoms with Gasteiger partial charge in [0.1, 0.15) is 11.7 Å². The maximum Gasteiger partial charge on any atom is 0.303 e. The van der Waals surface area contributed by atoms with Crippen LogP contribution in [0.1, 0.15) is 54.0 Å². The number of ether oxygens (including phenoxy) is 3. The fourth-order valence-corrected chi connectivity index (χ4v) is 7.89. The molecule has 0 radical (unpaired) electrons. The van der Waals surface area contributed by atoms with E-state index in [1.54, 1.807) is 12.0 Å². The zero-order valence-electron chi connectivity index (χ0n) is 23.6. The Morgan fingerprint density at radius 1 is 1.15 bits per heavy atom. The molecule has 2 aromatic rings. The topological polar surface area (TPSA) is 68.3 Å². The van der Waals surface area contributed by atoms with Gasteiger partial charge >= 0.3 is 5.97 Å². The summed E-state index contributed by atoms with van der Waals surface area (Å²) >= 11 is 0. The standard InChI is InChI=1S/C32H36N2O5/c1-19-7-8-22(17-20(19)2)9-12-27(36)34(5)24-13-14-32(39-21(3)35)26-18-23-10-11-25(37-6)29-28(23)31(32,30(24)38-29)15-16-33(26)4/h7-8,10-11,17,24,26,30H,13-16,18H2,1-6H3/t24-,26+,30-,31-,32+/m0/s1. The van der Waals surface area contributed by atoms with Gasteiger partial charge in [0.25, 0.3) is 5.91 Å². The van der Waals surface area contributed by atoms with Crippen LogP contribution in [-0.4, -0.2) is 73.2 Å². The largest absolute Gasteiger partial charge is 0.493 e. The number of likely N-dealkylation sites (N-methyl/N-ethyl adjacent to an activating group) is 2. The number of hydrogen-bond acceptors (Lipinski definition) is 6. The van der Waals surface area contributed by atoms with E-state index in [9.17, 15) is 9.59 Å². The van der Waals surface area contributed by atoms with Gasteiger partial charge in [-0.15, -0.1) is 0 Å². The number of hydrogen-bond donors (Lipinski definition) is 0. The van der Waals surface area contributed by atoms with E-state index in [2.05, 4.69) is 36.8 Å². The van der Waals surface area contributed by atoms with Crippen LogP contribution in [0, 0.1) is 25.7 Å². The first-order valence-electron chi connectivity index (χ1n) is 13.8. The zero-order chi connectivity index (χ0) is 27.7. The number of likely N-dealkylation sites (tertiary alicyclic amines) is 1. The Hall–Kier alpha value is -3.50. The second-order valence-electron chi connectivity index (χ2n) is 11.6. The molecule has 1 saturated carbocycles. The Balaban J connectivity index is 1.43. The molecule has 1 saturated heterocycles. The van der Waals surface area contributed by atoms with Crippen molar-refractivity contribution in [2.45, 2.75) is 75.7 Å². The molecule has 2 aliphatic heterocycles. The van der Waals surface area contributed by atoms with Crippen molar-refractivity contribution < 1.29 is 23.8 Å². The summed E-state index contributed by atoms with van der Waals surface area (Å²) in [6.45, 7) is 6.45. The summed E-state index contributed by atoms with van der Waals surface area (Å²) in [5.74, 6) is 6.80. The third-order valence-electron chi connectivity index (χ3n) is 9.83. The molecule has 4 aliphatic rings. The number of carbonyl (C=O) groups excluding carboxylic acids is 2. The number of amides is 1. The maximum atomic E-state index is 13.5. The fraction of sp³-hybridized carbons (Fsp3) is 0.500. The Morgan fingerprint density at radius 3 is 2.67 bits per heavy atom. The van der Waals surface area contributed by atoms with Crippen molar-refractivity contribution in [3.63, 3.8) is 0 Å². The molecule has 5 atom stereocenters. The molecule has 0 aromatic heterocycles. The summed E-state index contributed by atoms with van der Waals surface area (Å²) in [6.07, 6.45) is 2.44. The molecule has 2 bridgehead atoms. The van der Waals surface area contributed by atoms with Crippen LogP contribution in [0.3, 0.4) is 0 Å². The molecule has 2 aromatic carbocycles. The molecule has 2 fully saturated rings. The molecule has 2 heterocycles. The second-order valence-corrected chi connectivity index (χ2v) is 11.6. The third kappa shape index (κ3) is 3.54. The van der Waals surface area contributed by atoms with Crippen LogP contribution in [0.4, 0.5) is 0 Å². The summed E-state index contributed by atoms with van der Waals surface area (Å²) in [4.78, 5) is 30.2. The normalized spacial score (nSPS) is 29.8. The fourth-order valence-electron chi connectivity index (χ4n) is 7.89. The minimum absolute atomic E-state index is 0.0274. The molecule has 2 aliphatic carbocycles. The number of carbonyl (C=O) groups is 2. The highest BCUT2D eigenvalue weighted by molar-refractivity contribution is 5.94. The second kappa shape index (κ2) is 9.02. The van der Waals surface area contributed by atoms with Crippen molar-refractivity contribution >= 4 is 11.9 Å². The first kappa shape index (κ1) is 25.8. The van der Waals surface area contributed by atoms with E-state index in [4.69, 9.17) is 14.2 Å². The van der Waals surface area contributed by atoms with E-state index in [0.717, 1.165) is 41.8 Å². The predicted molar refractivity (Wildman–Crippen MR) is 147 cm³/mol. The van der Waals surface area contributed by atoms with E-state index in [1.807, 2.05) is 38.2 Å². The molecule has 1 spiro atoms. The Kier molecular flexibility index (Phi) is 5.96. The van der Waals surface area contributed by atoms with Gasteiger partial charge in [0.15, 0.2) is 11.5 Å². The number of esters is 1. The van der Waals surface area contributed by atoms with Gasteiger partial charge in [-0.25, -0.2) is 0 Å². The third-order valence-corrected chi connectivity index (χ3v) is 9.83. The van der Waals surface area contributed by atoms with Crippen LogP contribution < -0.4 is 9.47 Å². The number of methoxy groups -OCH3 is 1. The summed E-state index contributed by atoms with van der Waals surface area (Å²) in [7, 11) is 5.58. The van der Waals surface area contributed by atoms with Crippen molar-refractivity contribution in [3.8, 4) is 23.3 Å². The Morgan fingerprint density at radius 2 is 1.95 bits per heavy atom. The highest BCUT2D eigenvalue weighted by Crippen LogP contribution is 2.67. The minimum atomic E-state index is -0.743. The summed E-state index contributed by atoms with van der Waals surface area (Å²) in [5.41, 5.74) is 4.14. The van der Waals surface area contributed by atoms with E-state index >= 15 is 0 Å². The first-order valence-corrected chi connectivity index (χ1v) is 13.8. The van der Waals surface area contributed by atoms with Crippen LogP contribution in [-0.2, 0) is 26.2 Å². The lowest BCUT2D eigenvalue weighted by Crippen LogP contribution is -2.78. The number of benzene rings is 2. The number of nitrogens with zero attached hydrogens (tertiary/aromatic N) is 2. The first-order chi connectivity index (χ1) is 18.6. The molecule has 7 heteroatoms. The van der Waals surface area contributed by atoms with E-state index in [-0.39, 0.29) is 30.1 Å². The van der Waals surface area contributed by atoms with Crippen LogP contribution in [0.5, 0.6) is 11.5 Å². The van der Waals surface area contributed by atoms with Crippen molar-refractivity contribution in [1.82, 2.24) is 9.80 Å². The van der Waals surface area contributed by atoms with Gasteiger partial charge < -0.3 is 19.1 Å². The molecule has 1 amide bonds. The van der Waals surface area contributed by atoms with Crippen molar-refractivity contribution in [3.05, 3.63) is 58.1 Å². The van der Waals surface area contributed by atoms with E-state index in [1.165, 1.54) is 18.1 Å². The van der Waals surface area contributed by atoms with Gasteiger partial charge in [-0.2, -0.15) is 0 Å². The minimum Gasteiger partial charge on any atom is -0.493 e. The summed E-state index contributed by atoms with van der Waals surface area (Å²) in [6, 6.07) is 9.87. The summed E-state index contributed by atoms with van der Waals surface area (Å²) in [5, 5.41) is 0. The van der Waals surface area contributed by atoms with Crippen LogP contribution in [0.2, 0.25) is 0 Å². The van der Waals surface area contributed by atoms with Gasteiger partial charge in [0, 0.05) is 31.0 Å². The lowest BCUT2D eigenvalue weighted by molar-refractivity contribution is -0.220. The average Bonchev–Trinajstić information content (AvgIpc) is 3.26. The van der Waals surface area contributed by atoms with Crippen molar-refractivity contribution in [2.75, 3.05) is 27.7 Å². The molecule has 6 rings (SSSR count). The smallest absolute Gasteiger partial charge is 0.303 e. The molecule has 7 nitrogen and oxygen atoms in total. The van der Waals surface area contributed by atoms with Gasteiger partial charge in [0.05, 0.1) is 24.6 Å². The number of aryl methyl sites for hydroxylation is 2. The van der Waals surface area contributed by atoms with Gasteiger partial charge in [-0.05, 0) is 88.0 Å². The van der Waals surface area contributed by atoms with E-state index < -0.39 is 11.0 Å². The van der Waals surface area contributed by atoms with Crippen molar-refractivity contribution in [1.29, 1.82) is 0 Å². The summed E-state index contributed by atoms with van der Waals surface area (Å²) < 4.78 is 19.0. The average molecular weight is 529 g/mol. The van der Waals surface area contributed by atoms with E-state index in [0.29, 0.717) is 18.6 Å². The maximum absolute atomic E-state index is 13.5. The SMILES string of the molecule is COc1ccc2c3c1O[C@H]1[C@@H](N(C)C(=O)C#Cc4ccc(C)c(C)c4)CC[C@@]4(OC(C)=O)[C@@H](C2)N(C)CC[C@]314. The van der Waals surface area contributed by atoms with Crippen molar-refractivity contribution in [2.24, 2.45) is 0 Å². The quantitative estimate of drug-likeness (QED) is 0.449. The van der Waals surface area contributed by atoms with Gasteiger partial charge in [-0.3, -0.25) is 14.5 Å². The zero-order valence-corrected chi connectivity index (χ0v) is 23.6. The Labute approximate surface area is 230 Å². The molecular weight excluding hydrogens is 492 g/mol. The lowest BCUT2D eigenvalue weighted by atomic mass is 9.48. The molecule has 39 heavy (non-hydrogen) atoms. The molecule has 0 N–H and O–H groups in total. The monoisotopic (exact) mass is 528 g/mol. The van der Waals surface area contributed by atoms with Gasteiger partial charge in [0.2, 0.25) is 0 Å². The number of rotatable bonds is 3. The van der Waals surface area contributed by atoms with Gasteiger partial charge in [-0.1, -0.05) is 18.1 Å². The highest BCUT2D eigenvalue weighted by Gasteiger charge is 2.75. The van der Waals surface area contributed by atoms with Crippen LogP contribution in [0.15, 0.2) is 30.3 Å². The molecule has 0 unspecified atom stereocenters. The number of piperidine rings is 1. The lowest BCUT2D eigenvalue weighted by Gasteiger charge is -2.65. The van der Waals surface area contributed by atoms with Crippen LogP contribution >= 0.6 is 0 Å². The highest BCUT2D eigenvalue weighted by atomic mass is 16.6. The molecule has 204 valence electrons. The molecular formula is C32H36N2O5.